The Morgan fingerprint density at radius 3 is 2.61 bits per heavy atom. The van der Waals surface area contributed by atoms with E-state index in [9.17, 15) is 1.37 Å². The van der Waals surface area contributed by atoms with Crippen molar-refractivity contribution in [2.75, 3.05) is 0 Å². The summed E-state index contributed by atoms with van der Waals surface area (Å²) in [7, 11) is 2.16. The molecule has 8 rings (SSSR count). The number of hydrogen-bond donors (Lipinski definition) is 0. The highest BCUT2D eigenvalue weighted by Gasteiger charge is 2.32. The molecule has 33 heavy (non-hydrogen) atoms. The Morgan fingerprint density at radius 1 is 0.879 bits per heavy atom. The van der Waals surface area contributed by atoms with Crippen molar-refractivity contribution in [1.82, 2.24) is 0 Å². The molecule has 1 heterocycles. The molecule has 3 aromatic carbocycles. The van der Waals surface area contributed by atoms with Gasteiger partial charge in [0.25, 0.3) is 0 Å². The fourth-order valence-electron chi connectivity index (χ4n) is 6.66. The second kappa shape index (κ2) is 7.15. The molecule has 1 heteroatoms. The fourth-order valence-corrected chi connectivity index (χ4v) is 6.66. The van der Waals surface area contributed by atoms with E-state index in [1.807, 2.05) is 0 Å². The van der Waals surface area contributed by atoms with Crippen LogP contribution < -0.4 is 4.57 Å². The summed E-state index contributed by atoms with van der Waals surface area (Å²) in [6, 6.07) is 25.0. The van der Waals surface area contributed by atoms with Gasteiger partial charge < -0.3 is 0 Å². The highest BCUT2D eigenvalue weighted by atomic mass is 14.9. The molecule has 1 fully saturated rings. The number of nitrogens with zero attached hydrogens (tertiary/aromatic N) is 1. The first-order valence-corrected chi connectivity index (χ1v) is 12.4. The lowest BCUT2D eigenvalue weighted by Gasteiger charge is -2.31. The van der Waals surface area contributed by atoms with Crippen LogP contribution in [0.5, 0.6) is 0 Å². The van der Waals surface area contributed by atoms with Gasteiger partial charge in [0.1, 0.15) is 7.05 Å². The zero-order chi connectivity index (χ0) is 23.0. The Morgan fingerprint density at radius 2 is 1.73 bits per heavy atom. The van der Waals surface area contributed by atoms with E-state index >= 15 is 0 Å². The molecule has 2 unspecified atom stereocenters. The van der Waals surface area contributed by atoms with Gasteiger partial charge in [-0.3, -0.25) is 0 Å². The molecule has 8 bridgehead atoms. The molecule has 0 saturated heterocycles. The number of fused-ring (bicyclic) bond motifs is 3. The lowest BCUT2D eigenvalue weighted by Crippen LogP contribution is -2.31. The summed E-state index contributed by atoms with van der Waals surface area (Å²) in [5.41, 5.74) is 14.9. The minimum absolute atomic E-state index is 0.446. The van der Waals surface area contributed by atoms with E-state index in [0.717, 1.165) is 25.7 Å². The normalized spacial score (nSPS) is 22.5. The number of aromatic nitrogens is 1. The van der Waals surface area contributed by atoms with Crippen molar-refractivity contribution in [1.29, 1.82) is 0 Å². The van der Waals surface area contributed by atoms with Crippen LogP contribution in [0.1, 0.15) is 66.7 Å². The van der Waals surface area contributed by atoms with E-state index in [0.29, 0.717) is 5.92 Å². The van der Waals surface area contributed by atoms with Crippen LogP contribution in [0.2, 0.25) is 0 Å². The van der Waals surface area contributed by atoms with E-state index in [2.05, 4.69) is 91.5 Å². The average Bonchev–Trinajstić information content (AvgIpc) is 3.23. The van der Waals surface area contributed by atoms with E-state index < -0.39 is 5.89 Å². The Balaban J connectivity index is 1.55. The molecule has 0 aliphatic heterocycles. The quantitative estimate of drug-likeness (QED) is 0.225. The molecule has 1 saturated carbocycles. The summed E-state index contributed by atoms with van der Waals surface area (Å²) in [6.45, 7) is 2.25. The first-order valence-electron chi connectivity index (χ1n) is 12.9. The van der Waals surface area contributed by atoms with Gasteiger partial charge in [0.05, 0.1) is 5.56 Å². The van der Waals surface area contributed by atoms with Crippen molar-refractivity contribution < 1.29 is 5.94 Å². The predicted octanol–water partition coefficient (Wildman–Crippen LogP) is 7.48. The molecule has 2 atom stereocenters. The fraction of sp³-hybridized carbons (Fsp3) is 0.281. The Kier molecular flexibility index (Phi) is 3.96. The standard InChI is InChI=1S/C32H30N/c1-20-9-14-28-27-8-4-7-26-25-6-3-5-23(17-25)21-10-12-22(13-11-21)24-15-16-33(2)31(18-24)32(20)30(28)19-29(26)27/h4,7-16,18,23,25H,3,5-6,17,19H2,1-2H3/q+1/i23D. The molecule has 4 aromatic rings. The van der Waals surface area contributed by atoms with Gasteiger partial charge >= 0.3 is 0 Å². The highest BCUT2D eigenvalue weighted by Crippen LogP contribution is 2.49. The molecular weight excluding hydrogens is 398 g/mol. The third-order valence-corrected chi connectivity index (χ3v) is 8.37. The Labute approximate surface area is 198 Å². The molecule has 0 radical (unpaired) electrons. The lowest BCUT2D eigenvalue weighted by molar-refractivity contribution is -0.660. The van der Waals surface area contributed by atoms with Crippen LogP contribution >= 0.6 is 0 Å². The van der Waals surface area contributed by atoms with Gasteiger partial charge in [-0.15, -0.1) is 0 Å². The minimum Gasteiger partial charge on any atom is -0.201 e. The SMILES string of the molecule is [2H]C12CCCC(C1)c1cccc3c1Cc1c-3ccc(C)c1-c1cc(cc[n+]1C)-c1ccc2cc1. The third kappa shape index (κ3) is 2.88. The molecule has 0 spiro atoms. The molecule has 0 N–H and O–H groups in total. The number of aryl methyl sites for hydroxylation is 2. The van der Waals surface area contributed by atoms with Crippen molar-refractivity contribution in [3.05, 3.63) is 101 Å². The van der Waals surface area contributed by atoms with E-state index in [-0.39, 0.29) is 0 Å². The molecule has 0 amide bonds. The minimum atomic E-state index is -0.508. The van der Waals surface area contributed by atoms with Gasteiger partial charge in [-0.1, -0.05) is 61.0 Å². The largest absolute Gasteiger partial charge is 0.213 e. The van der Waals surface area contributed by atoms with Crippen LogP contribution in [0.25, 0.3) is 33.5 Å². The smallest absolute Gasteiger partial charge is 0.201 e. The van der Waals surface area contributed by atoms with Crippen LogP contribution in [0.3, 0.4) is 0 Å². The van der Waals surface area contributed by atoms with Gasteiger partial charge in [0, 0.05) is 13.5 Å². The second-order valence-electron chi connectivity index (χ2n) is 10.2. The zero-order valence-electron chi connectivity index (χ0n) is 20.5. The van der Waals surface area contributed by atoms with Crippen molar-refractivity contribution in [3.8, 4) is 33.5 Å². The summed E-state index contributed by atoms with van der Waals surface area (Å²) in [5.74, 6) is -0.0618. The first-order chi connectivity index (χ1) is 16.5. The van der Waals surface area contributed by atoms with Crippen molar-refractivity contribution in [3.63, 3.8) is 0 Å². The summed E-state index contributed by atoms with van der Waals surface area (Å²) in [4.78, 5) is 0. The van der Waals surface area contributed by atoms with Crippen LogP contribution in [-0.2, 0) is 13.5 Å². The molecule has 162 valence electrons. The number of hydrogen-bond acceptors (Lipinski definition) is 0. The van der Waals surface area contributed by atoms with Crippen LogP contribution in [-0.4, -0.2) is 0 Å². The number of rotatable bonds is 0. The molecule has 1 nitrogen and oxygen atoms in total. The van der Waals surface area contributed by atoms with E-state index in [4.69, 9.17) is 0 Å². The second-order valence-corrected chi connectivity index (χ2v) is 10.2. The van der Waals surface area contributed by atoms with Crippen LogP contribution in [0, 0.1) is 6.92 Å². The van der Waals surface area contributed by atoms with Gasteiger partial charge in [0.15, 0.2) is 6.20 Å². The number of benzene rings is 3. The van der Waals surface area contributed by atoms with Gasteiger partial charge in [0.2, 0.25) is 5.69 Å². The van der Waals surface area contributed by atoms with Gasteiger partial charge in [-0.25, -0.2) is 4.57 Å². The summed E-state index contributed by atoms with van der Waals surface area (Å²) in [5, 5.41) is 0. The van der Waals surface area contributed by atoms with E-state index in [1.54, 1.807) is 0 Å². The third-order valence-electron chi connectivity index (χ3n) is 8.37. The number of pyridine rings is 1. The maximum absolute atomic E-state index is 9.50. The Hall–Kier alpha value is -3.19. The van der Waals surface area contributed by atoms with Gasteiger partial charge in [-0.2, -0.15) is 0 Å². The maximum Gasteiger partial charge on any atom is 0.213 e. The van der Waals surface area contributed by atoms with Crippen LogP contribution in [0.4, 0.5) is 0 Å². The zero-order valence-corrected chi connectivity index (χ0v) is 19.5. The van der Waals surface area contributed by atoms with Crippen molar-refractivity contribution in [2.24, 2.45) is 7.05 Å². The lowest BCUT2D eigenvalue weighted by atomic mass is 9.74. The molecule has 4 aliphatic carbocycles. The van der Waals surface area contributed by atoms with Crippen molar-refractivity contribution >= 4 is 0 Å². The van der Waals surface area contributed by atoms with Crippen LogP contribution in [0.15, 0.2) is 72.9 Å². The van der Waals surface area contributed by atoms with Gasteiger partial charge in [-0.05, 0) is 94.5 Å². The summed E-state index contributed by atoms with van der Waals surface area (Å²) in [6.07, 6.45) is 7.36. The topological polar surface area (TPSA) is 3.88 Å². The van der Waals surface area contributed by atoms with E-state index in [1.165, 1.54) is 67.7 Å². The summed E-state index contributed by atoms with van der Waals surface area (Å²) >= 11 is 0. The molecule has 4 aliphatic rings. The van der Waals surface area contributed by atoms with Crippen molar-refractivity contribution in [2.45, 2.75) is 50.8 Å². The molecular formula is C32H30N+. The monoisotopic (exact) mass is 429 g/mol. The molecule has 1 aromatic heterocycles. The highest BCUT2D eigenvalue weighted by molar-refractivity contribution is 5.86. The average molecular weight is 430 g/mol. The Bertz CT molecular complexity index is 1470. The first kappa shape index (κ1) is 18.3. The maximum atomic E-state index is 9.50. The summed E-state index contributed by atoms with van der Waals surface area (Å²) < 4.78 is 11.8. The predicted molar refractivity (Wildman–Crippen MR) is 135 cm³/mol.